The zero-order chi connectivity index (χ0) is 35.3. The molecule has 12 rings (SSSR count). The monoisotopic (exact) mass is 686 g/mol. The summed E-state index contributed by atoms with van der Waals surface area (Å²) in [5, 5.41) is 8.38. The van der Waals surface area contributed by atoms with E-state index >= 15 is 0 Å². The number of aromatic nitrogens is 4. The standard InChI is InChI=1S/C50H30N4/c1-4-14-31(15-5-1)34-24-26-43-38(28-34)39-30-45-46(47-37-21-11-13-23-42(37)53(43)49(39)47)40-29-35(32-16-6-2-7-17-32)25-27-44(40)54(45)50-51-41-22-12-10-20-36(41)48(52-50)33-18-8-3-9-19-33/h1-30H. The highest BCUT2D eigenvalue weighted by Gasteiger charge is 2.26. The Morgan fingerprint density at radius 3 is 1.63 bits per heavy atom. The van der Waals surface area contributed by atoms with Crippen LogP contribution in [0.3, 0.4) is 0 Å². The molecule has 12 aromatic rings. The van der Waals surface area contributed by atoms with E-state index in [0.29, 0.717) is 5.95 Å². The van der Waals surface area contributed by atoms with Gasteiger partial charge in [-0.2, -0.15) is 0 Å². The average molecular weight is 687 g/mol. The van der Waals surface area contributed by atoms with Crippen molar-refractivity contribution in [3.63, 3.8) is 0 Å². The summed E-state index contributed by atoms with van der Waals surface area (Å²) >= 11 is 0. The van der Waals surface area contributed by atoms with E-state index < -0.39 is 0 Å². The number of hydrogen-bond donors (Lipinski definition) is 0. The summed E-state index contributed by atoms with van der Waals surface area (Å²) in [7, 11) is 0. The number of hydrogen-bond acceptors (Lipinski definition) is 2. The fourth-order valence-electron chi connectivity index (χ4n) is 8.88. The van der Waals surface area contributed by atoms with Crippen LogP contribution in [0.1, 0.15) is 0 Å². The zero-order valence-corrected chi connectivity index (χ0v) is 29.1. The summed E-state index contributed by atoms with van der Waals surface area (Å²) in [6, 6.07) is 65.2. The van der Waals surface area contributed by atoms with Crippen LogP contribution in [-0.2, 0) is 0 Å². The van der Waals surface area contributed by atoms with Crippen molar-refractivity contribution in [2.24, 2.45) is 0 Å². The fourth-order valence-corrected chi connectivity index (χ4v) is 8.88. The Kier molecular flexibility index (Phi) is 6.02. The number of nitrogens with zero attached hydrogens (tertiary/aromatic N) is 4. The van der Waals surface area contributed by atoms with E-state index in [0.717, 1.165) is 33.2 Å². The quantitative estimate of drug-likeness (QED) is 0.185. The Balaban J connectivity index is 1.28. The van der Waals surface area contributed by atoms with E-state index in [1.54, 1.807) is 0 Å². The normalized spacial score (nSPS) is 12.1. The second-order valence-electron chi connectivity index (χ2n) is 14.2. The maximum absolute atomic E-state index is 5.44. The number of fused-ring (bicyclic) bond motifs is 11. The highest BCUT2D eigenvalue weighted by Crippen LogP contribution is 2.47. The summed E-state index contributed by atoms with van der Waals surface area (Å²) < 4.78 is 4.78. The van der Waals surface area contributed by atoms with Gasteiger partial charge in [-0.25, -0.2) is 9.97 Å². The van der Waals surface area contributed by atoms with Crippen LogP contribution in [-0.4, -0.2) is 18.9 Å². The van der Waals surface area contributed by atoms with Crippen molar-refractivity contribution < 1.29 is 0 Å². The second kappa shape index (κ2) is 11.1. The largest absolute Gasteiger partial charge is 0.308 e. The third-order valence-electron chi connectivity index (χ3n) is 11.2. The van der Waals surface area contributed by atoms with Crippen molar-refractivity contribution in [3.8, 4) is 39.5 Å². The Hall–Kier alpha value is -7.30. The second-order valence-corrected chi connectivity index (χ2v) is 14.2. The molecule has 0 unspecified atom stereocenters. The maximum Gasteiger partial charge on any atom is 0.235 e. The van der Waals surface area contributed by atoms with Gasteiger partial charge in [0.1, 0.15) is 0 Å². The molecule has 250 valence electrons. The molecule has 0 saturated heterocycles. The van der Waals surface area contributed by atoms with E-state index in [4.69, 9.17) is 9.97 Å². The van der Waals surface area contributed by atoms with E-state index in [1.165, 1.54) is 71.1 Å². The van der Waals surface area contributed by atoms with Gasteiger partial charge in [0.2, 0.25) is 5.95 Å². The van der Waals surface area contributed by atoms with Crippen molar-refractivity contribution in [1.29, 1.82) is 0 Å². The SMILES string of the molecule is c1ccc(-c2ccc3c(c2)c2c4c5ccccc5n5c6ccc(-c7ccccc7)cc6c(cc2n3-c2nc(-c3ccccc3)c3ccccc3n2)c45)cc1. The molecule has 54 heavy (non-hydrogen) atoms. The molecule has 0 radical (unpaired) electrons. The molecule has 4 heteroatoms. The highest BCUT2D eigenvalue weighted by molar-refractivity contribution is 6.36. The first-order valence-electron chi connectivity index (χ1n) is 18.4. The first-order valence-corrected chi connectivity index (χ1v) is 18.4. The first-order chi connectivity index (χ1) is 26.8. The van der Waals surface area contributed by atoms with Crippen LogP contribution < -0.4 is 0 Å². The van der Waals surface area contributed by atoms with Crippen molar-refractivity contribution in [2.75, 3.05) is 0 Å². The van der Waals surface area contributed by atoms with Gasteiger partial charge < -0.3 is 4.40 Å². The minimum Gasteiger partial charge on any atom is -0.308 e. The Labute approximate surface area is 310 Å². The molecule has 4 nitrogen and oxygen atoms in total. The molecule has 0 atom stereocenters. The molecular weight excluding hydrogens is 657 g/mol. The number of rotatable bonds is 4. The Morgan fingerprint density at radius 1 is 0.333 bits per heavy atom. The van der Waals surface area contributed by atoms with E-state index in [-0.39, 0.29) is 0 Å². The molecule has 0 fully saturated rings. The summed E-state index contributed by atoms with van der Waals surface area (Å²) in [5.41, 5.74) is 13.5. The van der Waals surface area contributed by atoms with Crippen LogP contribution in [0.4, 0.5) is 0 Å². The van der Waals surface area contributed by atoms with E-state index in [2.05, 4.69) is 191 Å². The Morgan fingerprint density at radius 2 is 0.907 bits per heavy atom. The van der Waals surface area contributed by atoms with Gasteiger partial charge in [0, 0.05) is 43.3 Å². The van der Waals surface area contributed by atoms with Crippen LogP contribution in [0.5, 0.6) is 0 Å². The van der Waals surface area contributed by atoms with Gasteiger partial charge >= 0.3 is 0 Å². The molecule has 0 aliphatic rings. The minimum absolute atomic E-state index is 0.659. The molecule has 4 aromatic heterocycles. The molecule has 0 spiro atoms. The summed E-state index contributed by atoms with van der Waals surface area (Å²) in [6.45, 7) is 0. The predicted octanol–water partition coefficient (Wildman–Crippen LogP) is 12.9. The summed E-state index contributed by atoms with van der Waals surface area (Å²) in [6.07, 6.45) is 0. The molecule has 0 saturated carbocycles. The molecule has 0 aliphatic heterocycles. The van der Waals surface area contributed by atoms with Crippen LogP contribution >= 0.6 is 0 Å². The topological polar surface area (TPSA) is 35.1 Å². The highest BCUT2D eigenvalue weighted by atomic mass is 15.2. The van der Waals surface area contributed by atoms with Crippen molar-refractivity contribution in [1.82, 2.24) is 18.9 Å². The van der Waals surface area contributed by atoms with Gasteiger partial charge in [-0.3, -0.25) is 4.57 Å². The van der Waals surface area contributed by atoms with Crippen LogP contribution in [0.15, 0.2) is 182 Å². The first kappa shape index (κ1) is 29.3. The molecule has 0 N–H and O–H groups in total. The minimum atomic E-state index is 0.659. The predicted molar refractivity (Wildman–Crippen MR) is 225 cm³/mol. The van der Waals surface area contributed by atoms with Gasteiger partial charge in [0.05, 0.1) is 38.8 Å². The summed E-state index contributed by atoms with van der Waals surface area (Å²) in [4.78, 5) is 10.8. The van der Waals surface area contributed by atoms with Gasteiger partial charge in [-0.05, 0) is 64.7 Å². The van der Waals surface area contributed by atoms with Gasteiger partial charge in [-0.15, -0.1) is 0 Å². The smallest absolute Gasteiger partial charge is 0.235 e. The molecule has 0 bridgehead atoms. The Bertz CT molecular complexity index is 3410. The molecule has 0 aliphatic carbocycles. The molecule has 0 amide bonds. The fraction of sp³-hybridized carbons (Fsp3) is 0. The third kappa shape index (κ3) is 4.08. The number of benzene rings is 8. The van der Waals surface area contributed by atoms with Crippen LogP contribution in [0.2, 0.25) is 0 Å². The lowest BCUT2D eigenvalue weighted by Crippen LogP contribution is -2.03. The van der Waals surface area contributed by atoms with E-state index in [9.17, 15) is 0 Å². The third-order valence-corrected chi connectivity index (χ3v) is 11.2. The molecule has 8 aromatic carbocycles. The molecular formula is C50H30N4. The lowest BCUT2D eigenvalue weighted by Gasteiger charge is -2.12. The van der Waals surface area contributed by atoms with Crippen LogP contribution in [0.25, 0.3) is 110 Å². The summed E-state index contributed by atoms with van der Waals surface area (Å²) in [5.74, 6) is 0.659. The average Bonchev–Trinajstić information content (AvgIpc) is 3.88. The van der Waals surface area contributed by atoms with Crippen molar-refractivity contribution in [3.05, 3.63) is 182 Å². The van der Waals surface area contributed by atoms with Gasteiger partial charge in [-0.1, -0.05) is 140 Å². The lowest BCUT2D eigenvalue weighted by molar-refractivity contribution is 1.01. The van der Waals surface area contributed by atoms with Crippen molar-refractivity contribution in [2.45, 2.75) is 0 Å². The van der Waals surface area contributed by atoms with E-state index in [1.807, 2.05) is 0 Å². The number of para-hydroxylation sites is 2. The van der Waals surface area contributed by atoms with Crippen LogP contribution in [0, 0.1) is 0 Å². The van der Waals surface area contributed by atoms with Crippen molar-refractivity contribution >= 4 is 70.8 Å². The molecule has 4 heterocycles. The van der Waals surface area contributed by atoms with Gasteiger partial charge in [0.15, 0.2) is 0 Å². The van der Waals surface area contributed by atoms with Gasteiger partial charge in [0.25, 0.3) is 0 Å². The lowest BCUT2D eigenvalue weighted by atomic mass is 9.98. The maximum atomic E-state index is 5.44. The zero-order valence-electron chi connectivity index (χ0n) is 29.1.